The SMILES string of the molecule is CN1C(=O)Cc2cc(C(=O)C3COCCO3)ccc21. The number of anilines is 1. The maximum atomic E-state index is 12.3. The first-order valence-electron chi connectivity index (χ1n) is 6.30. The molecule has 1 aromatic rings. The average molecular weight is 261 g/mol. The highest BCUT2D eigenvalue weighted by molar-refractivity contribution is 6.04. The minimum absolute atomic E-state index is 0.0526. The van der Waals surface area contributed by atoms with Crippen LogP contribution in [0.2, 0.25) is 0 Å². The van der Waals surface area contributed by atoms with E-state index < -0.39 is 6.10 Å². The molecule has 0 bridgehead atoms. The molecule has 3 rings (SSSR count). The number of ketones is 1. The Morgan fingerprint density at radius 2 is 2.21 bits per heavy atom. The van der Waals surface area contributed by atoms with Crippen LogP contribution in [0.5, 0.6) is 0 Å². The van der Waals surface area contributed by atoms with Crippen LogP contribution < -0.4 is 4.90 Å². The van der Waals surface area contributed by atoms with Gasteiger partial charge in [0.2, 0.25) is 5.91 Å². The highest BCUT2D eigenvalue weighted by Crippen LogP contribution is 2.28. The van der Waals surface area contributed by atoms with Gasteiger partial charge in [-0.15, -0.1) is 0 Å². The summed E-state index contributed by atoms with van der Waals surface area (Å²) < 4.78 is 10.6. The molecule has 1 fully saturated rings. The molecule has 0 radical (unpaired) electrons. The summed E-state index contributed by atoms with van der Waals surface area (Å²) in [4.78, 5) is 25.5. The molecule has 1 aromatic carbocycles. The van der Waals surface area contributed by atoms with Crippen LogP contribution in [0.3, 0.4) is 0 Å². The zero-order valence-corrected chi connectivity index (χ0v) is 10.7. The van der Waals surface area contributed by atoms with Crippen molar-refractivity contribution in [2.24, 2.45) is 0 Å². The molecule has 19 heavy (non-hydrogen) atoms. The van der Waals surface area contributed by atoms with E-state index in [4.69, 9.17) is 9.47 Å². The summed E-state index contributed by atoms with van der Waals surface area (Å²) in [6.45, 7) is 1.28. The second kappa shape index (κ2) is 4.75. The summed E-state index contributed by atoms with van der Waals surface area (Å²) >= 11 is 0. The zero-order chi connectivity index (χ0) is 13.4. The fourth-order valence-electron chi connectivity index (χ4n) is 2.45. The van der Waals surface area contributed by atoms with Crippen molar-refractivity contribution >= 4 is 17.4 Å². The van der Waals surface area contributed by atoms with Gasteiger partial charge in [0.1, 0.15) is 6.10 Å². The molecule has 1 saturated heterocycles. The fraction of sp³-hybridized carbons (Fsp3) is 0.429. The first-order chi connectivity index (χ1) is 9.16. The zero-order valence-electron chi connectivity index (χ0n) is 10.7. The van der Waals surface area contributed by atoms with Crippen molar-refractivity contribution in [3.05, 3.63) is 29.3 Å². The second-order valence-corrected chi connectivity index (χ2v) is 4.77. The lowest BCUT2D eigenvalue weighted by atomic mass is 10.0. The van der Waals surface area contributed by atoms with Crippen LogP contribution >= 0.6 is 0 Å². The number of carbonyl (C=O) groups excluding carboxylic acids is 2. The molecule has 2 aliphatic heterocycles. The Bertz CT molecular complexity index is 534. The fourth-order valence-corrected chi connectivity index (χ4v) is 2.45. The quantitative estimate of drug-likeness (QED) is 0.739. The van der Waals surface area contributed by atoms with E-state index in [0.29, 0.717) is 31.8 Å². The molecule has 1 amide bonds. The Morgan fingerprint density at radius 1 is 1.37 bits per heavy atom. The summed E-state index contributed by atoms with van der Waals surface area (Å²) in [5, 5.41) is 0. The molecular formula is C14H15NO4. The van der Waals surface area contributed by atoms with E-state index in [0.717, 1.165) is 11.3 Å². The van der Waals surface area contributed by atoms with Crippen LogP contribution in [-0.2, 0) is 20.7 Å². The maximum Gasteiger partial charge on any atom is 0.231 e. The molecule has 0 N–H and O–H groups in total. The van der Waals surface area contributed by atoms with E-state index >= 15 is 0 Å². The van der Waals surface area contributed by atoms with Gasteiger partial charge in [-0.05, 0) is 23.8 Å². The van der Waals surface area contributed by atoms with Crippen molar-refractivity contribution in [1.29, 1.82) is 0 Å². The van der Waals surface area contributed by atoms with Crippen LogP contribution in [-0.4, -0.2) is 44.7 Å². The molecule has 1 atom stereocenters. The Hall–Kier alpha value is -1.72. The number of benzene rings is 1. The molecule has 2 heterocycles. The van der Waals surface area contributed by atoms with Gasteiger partial charge >= 0.3 is 0 Å². The second-order valence-electron chi connectivity index (χ2n) is 4.77. The van der Waals surface area contributed by atoms with E-state index in [1.165, 1.54) is 0 Å². The average Bonchev–Trinajstić information content (AvgIpc) is 2.74. The smallest absolute Gasteiger partial charge is 0.231 e. The number of nitrogens with zero attached hydrogens (tertiary/aromatic N) is 1. The highest BCUT2D eigenvalue weighted by atomic mass is 16.6. The van der Waals surface area contributed by atoms with Crippen molar-refractivity contribution in [2.75, 3.05) is 31.8 Å². The number of carbonyl (C=O) groups is 2. The lowest BCUT2D eigenvalue weighted by molar-refractivity contribution is -0.117. The van der Waals surface area contributed by atoms with Crippen molar-refractivity contribution in [2.45, 2.75) is 12.5 Å². The maximum absolute atomic E-state index is 12.3. The molecule has 100 valence electrons. The number of amides is 1. The number of hydrogen-bond donors (Lipinski definition) is 0. The van der Waals surface area contributed by atoms with Crippen LogP contribution in [0.4, 0.5) is 5.69 Å². The first-order valence-corrected chi connectivity index (χ1v) is 6.30. The predicted octanol–water partition coefficient (Wildman–Crippen LogP) is 0.804. The van der Waals surface area contributed by atoms with Crippen molar-refractivity contribution in [3.8, 4) is 0 Å². The van der Waals surface area contributed by atoms with E-state index in [1.807, 2.05) is 6.07 Å². The minimum Gasteiger partial charge on any atom is -0.376 e. The number of ether oxygens (including phenoxy) is 2. The largest absolute Gasteiger partial charge is 0.376 e. The van der Waals surface area contributed by atoms with E-state index in [-0.39, 0.29) is 11.7 Å². The van der Waals surface area contributed by atoms with Gasteiger partial charge in [-0.1, -0.05) is 0 Å². The lowest BCUT2D eigenvalue weighted by Gasteiger charge is -2.22. The van der Waals surface area contributed by atoms with Gasteiger partial charge in [0.25, 0.3) is 0 Å². The summed E-state index contributed by atoms with van der Waals surface area (Å²) in [6.07, 6.45) is -0.170. The normalized spacial score (nSPS) is 22.5. The highest BCUT2D eigenvalue weighted by Gasteiger charge is 2.28. The van der Waals surface area contributed by atoms with Gasteiger partial charge in [0.15, 0.2) is 5.78 Å². The number of fused-ring (bicyclic) bond motifs is 1. The van der Waals surface area contributed by atoms with Crippen molar-refractivity contribution in [1.82, 2.24) is 0 Å². The summed E-state index contributed by atoms with van der Waals surface area (Å²) in [5.74, 6) is -0.0265. The predicted molar refractivity (Wildman–Crippen MR) is 68.4 cm³/mol. The number of likely N-dealkylation sites (N-methyl/N-ethyl adjacent to an activating group) is 1. The molecular weight excluding hydrogens is 246 g/mol. The van der Waals surface area contributed by atoms with Gasteiger partial charge in [-0.25, -0.2) is 0 Å². The van der Waals surface area contributed by atoms with Crippen molar-refractivity contribution in [3.63, 3.8) is 0 Å². The van der Waals surface area contributed by atoms with E-state index in [2.05, 4.69) is 0 Å². The number of hydrogen-bond acceptors (Lipinski definition) is 4. The van der Waals surface area contributed by atoms with Gasteiger partial charge in [0, 0.05) is 18.3 Å². The standard InChI is InChI=1S/C14H15NO4/c1-15-11-3-2-9(6-10(11)7-13(15)16)14(17)12-8-18-4-5-19-12/h2-3,6,12H,4-5,7-8H2,1H3. The Kier molecular flexibility index (Phi) is 3.08. The molecule has 5 heteroatoms. The molecule has 1 unspecified atom stereocenters. The molecule has 0 aromatic heterocycles. The topological polar surface area (TPSA) is 55.8 Å². The Balaban J connectivity index is 1.85. The molecule has 2 aliphatic rings. The monoisotopic (exact) mass is 261 g/mol. The minimum atomic E-state index is -0.526. The molecule has 0 saturated carbocycles. The van der Waals surface area contributed by atoms with Gasteiger partial charge in [-0.3, -0.25) is 9.59 Å². The Labute approximate surface area is 111 Å². The molecule has 0 aliphatic carbocycles. The Morgan fingerprint density at radius 3 is 2.95 bits per heavy atom. The first kappa shape index (κ1) is 12.3. The summed E-state index contributed by atoms with van der Waals surface area (Å²) in [7, 11) is 1.74. The van der Waals surface area contributed by atoms with Gasteiger partial charge in [0.05, 0.1) is 26.2 Å². The van der Waals surface area contributed by atoms with Crippen LogP contribution in [0, 0.1) is 0 Å². The van der Waals surface area contributed by atoms with E-state index in [1.54, 1.807) is 24.1 Å². The third kappa shape index (κ3) is 2.15. The van der Waals surface area contributed by atoms with Crippen molar-refractivity contribution < 1.29 is 19.1 Å². The van der Waals surface area contributed by atoms with Crippen LogP contribution in [0.15, 0.2) is 18.2 Å². The van der Waals surface area contributed by atoms with Crippen LogP contribution in [0.1, 0.15) is 15.9 Å². The van der Waals surface area contributed by atoms with Gasteiger partial charge < -0.3 is 14.4 Å². The molecule has 0 spiro atoms. The lowest BCUT2D eigenvalue weighted by Crippen LogP contribution is -2.35. The van der Waals surface area contributed by atoms with E-state index in [9.17, 15) is 9.59 Å². The third-order valence-corrected chi connectivity index (χ3v) is 3.55. The number of rotatable bonds is 2. The molecule has 5 nitrogen and oxygen atoms in total. The third-order valence-electron chi connectivity index (χ3n) is 3.55. The summed E-state index contributed by atoms with van der Waals surface area (Å²) in [6, 6.07) is 5.35. The van der Waals surface area contributed by atoms with Crippen LogP contribution in [0.25, 0.3) is 0 Å². The number of Topliss-reactive ketones (excluding diaryl/α,β-unsaturated/α-hetero) is 1. The van der Waals surface area contributed by atoms with Gasteiger partial charge in [-0.2, -0.15) is 0 Å². The summed E-state index contributed by atoms with van der Waals surface area (Å²) in [5.41, 5.74) is 2.36.